The number of halogens is 2. The van der Waals surface area contributed by atoms with Crippen LogP contribution in [0, 0.1) is 11.6 Å². The van der Waals surface area contributed by atoms with Crippen LogP contribution >= 0.6 is 11.3 Å². The summed E-state index contributed by atoms with van der Waals surface area (Å²) in [5.74, 6) is -3.52. The van der Waals surface area contributed by atoms with Crippen molar-refractivity contribution in [1.29, 1.82) is 0 Å². The number of morpholine rings is 1. The first-order valence-corrected chi connectivity index (χ1v) is 18.4. The first kappa shape index (κ1) is 34.6. The molecule has 1 fully saturated rings. The van der Waals surface area contributed by atoms with Gasteiger partial charge in [-0.2, -0.15) is 0 Å². The minimum Gasteiger partial charge on any atom is -0.403 e. The van der Waals surface area contributed by atoms with Gasteiger partial charge in [-0.1, -0.05) is 81.4 Å². The quantitative estimate of drug-likeness (QED) is 0.159. The van der Waals surface area contributed by atoms with Crippen molar-refractivity contribution in [2.75, 3.05) is 32.1 Å². The Balaban J connectivity index is 1.66. The molecule has 3 aromatic carbocycles. The van der Waals surface area contributed by atoms with Gasteiger partial charge in [-0.15, -0.1) is 11.3 Å². The number of thiazole rings is 1. The second kappa shape index (κ2) is 13.8. The number of hydrogen-bond donors (Lipinski definition) is 0. The molecule has 5 rings (SSSR count). The van der Waals surface area contributed by atoms with Gasteiger partial charge in [0.25, 0.3) is 14.2 Å². The van der Waals surface area contributed by atoms with E-state index < -0.39 is 31.3 Å². The lowest BCUT2D eigenvalue weighted by Gasteiger charge is -2.43. The van der Waals surface area contributed by atoms with E-state index in [4.69, 9.17) is 9.16 Å². The lowest BCUT2D eigenvalue weighted by atomic mass is 10.0. The van der Waals surface area contributed by atoms with Crippen LogP contribution in [0.25, 0.3) is 0 Å². The lowest BCUT2D eigenvalue weighted by molar-refractivity contribution is -0.00554. The smallest absolute Gasteiger partial charge is 0.265 e. The maximum absolute atomic E-state index is 16.4. The van der Waals surface area contributed by atoms with Crippen LogP contribution < -0.4 is 15.3 Å². The Kier molecular flexibility index (Phi) is 10.1. The van der Waals surface area contributed by atoms with Gasteiger partial charge in [0.1, 0.15) is 4.88 Å². The topological polar surface area (TPSA) is 72.0 Å². The van der Waals surface area contributed by atoms with Crippen LogP contribution in [0.1, 0.15) is 65.2 Å². The van der Waals surface area contributed by atoms with Crippen molar-refractivity contribution in [3.05, 3.63) is 106 Å². The Morgan fingerprint density at radius 3 is 2.04 bits per heavy atom. The van der Waals surface area contributed by atoms with Crippen molar-refractivity contribution in [2.45, 2.75) is 58.5 Å². The molecule has 1 aliphatic rings. The molecule has 0 saturated carbocycles. The molecule has 1 saturated heterocycles. The van der Waals surface area contributed by atoms with Crippen LogP contribution in [-0.4, -0.2) is 69.3 Å². The minimum atomic E-state index is -3.09. The number of aromatic nitrogens is 1. The number of nitrogens with zero attached hydrogens (tertiary/aromatic N) is 3. The van der Waals surface area contributed by atoms with E-state index in [2.05, 4.69) is 50.0 Å². The third kappa shape index (κ3) is 6.80. The average Bonchev–Trinajstić information content (AvgIpc) is 3.52. The van der Waals surface area contributed by atoms with Crippen molar-refractivity contribution < 1.29 is 27.5 Å². The number of ketones is 1. The summed E-state index contributed by atoms with van der Waals surface area (Å²) in [4.78, 5) is 33.7. The second-order valence-corrected chi connectivity index (χ2v) is 18.6. The summed E-state index contributed by atoms with van der Waals surface area (Å²) in [6.45, 7) is 10.8. The number of anilines is 1. The normalized spacial score (nSPS) is 17.1. The van der Waals surface area contributed by atoms with Crippen LogP contribution in [0.2, 0.25) is 5.04 Å². The number of hydrogen-bond acceptors (Lipinski definition) is 7. The first-order chi connectivity index (χ1) is 22.2. The van der Waals surface area contributed by atoms with Gasteiger partial charge >= 0.3 is 0 Å². The van der Waals surface area contributed by atoms with Crippen molar-refractivity contribution in [2.24, 2.45) is 0 Å². The summed E-state index contributed by atoms with van der Waals surface area (Å²) < 4.78 is 45.5. The molecule has 2 heterocycles. The van der Waals surface area contributed by atoms with Crippen LogP contribution in [0.5, 0.6) is 0 Å². The van der Waals surface area contributed by atoms with Gasteiger partial charge in [-0.05, 0) is 35.3 Å². The number of carbonyl (C=O) groups excluding carboxylic acids is 2. The highest BCUT2D eigenvalue weighted by molar-refractivity contribution is 7.15. The largest absolute Gasteiger partial charge is 0.403 e. The Morgan fingerprint density at radius 1 is 0.979 bits per heavy atom. The van der Waals surface area contributed by atoms with E-state index in [1.54, 1.807) is 19.0 Å². The molecule has 1 aromatic heterocycles. The second-order valence-electron chi connectivity index (χ2n) is 13.2. The van der Waals surface area contributed by atoms with Gasteiger partial charge in [0, 0.05) is 32.7 Å². The van der Waals surface area contributed by atoms with Gasteiger partial charge in [-0.3, -0.25) is 9.59 Å². The lowest BCUT2D eigenvalue weighted by Crippen LogP contribution is -2.66. The summed E-state index contributed by atoms with van der Waals surface area (Å²) >= 11 is 0.849. The molecule has 1 aliphatic heterocycles. The molecule has 2 atom stereocenters. The molecule has 0 spiro atoms. The van der Waals surface area contributed by atoms with E-state index in [-0.39, 0.29) is 45.3 Å². The standard InChI is InChI=1S/C36H41F2N3O4SSi/c1-23-20-41(21-24(2)45-23)32-25(18-28(30(37)31(32)38)33(42)34-39-19-29(46-34)35(43)40(6)7)22-44-47(36(3,4)5,26-14-10-8-11-15-26)27-16-12-9-13-17-27/h8-19,23-24H,20-22H2,1-7H3/t23-,24+. The monoisotopic (exact) mass is 677 g/mol. The predicted molar refractivity (Wildman–Crippen MR) is 185 cm³/mol. The Bertz CT molecular complexity index is 1690. The highest BCUT2D eigenvalue weighted by Crippen LogP contribution is 2.39. The number of rotatable bonds is 9. The maximum Gasteiger partial charge on any atom is 0.265 e. The molecule has 0 bridgehead atoms. The zero-order chi connectivity index (χ0) is 34.1. The Morgan fingerprint density at radius 2 is 1.53 bits per heavy atom. The Hall–Kier alpha value is -3.77. The van der Waals surface area contributed by atoms with Crippen molar-refractivity contribution in [1.82, 2.24) is 9.88 Å². The fourth-order valence-electron chi connectivity index (χ4n) is 6.41. The summed E-state index contributed by atoms with van der Waals surface area (Å²) in [5, 5.41) is 1.60. The molecule has 1 amide bonds. The molecule has 4 aromatic rings. The molecule has 248 valence electrons. The van der Waals surface area contributed by atoms with Crippen molar-refractivity contribution in [3.63, 3.8) is 0 Å². The summed E-state index contributed by atoms with van der Waals surface area (Å²) in [6, 6.07) is 21.5. The van der Waals surface area contributed by atoms with Gasteiger partial charge in [0.15, 0.2) is 16.6 Å². The molecular weight excluding hydrogens is 637 g/mol. The SMILES string of the molecule is C[C@@H]1CN(c2c(CO[Si](c3ccccc3)(c3ccccc3)C(C)(C)C)cc(C(=O)c3ncc(C(=O)N(C)C)s3)c(F)c2F)C[C@H](C)O1. The van der Waals surface area contributed by atoms with Crippen LogP contribution in [0.4, 0.5) is 14.5 Å². The number of amides is 1. The molecule has 0 unspecified atom stereocenters. The van der Waals surface area contributed by atoms with Gasteiger partial charge in [-0.25, -0.2) is 13.8 Å². The summed E-state index contributed by atoms with van der Waals surface area (Å²) in [7, 11) is 0.0843. The zero-order valence-electron chi connectivity index (χ0n) is 27.8. The fraction of sp³-hybridized carbons (Fsp3) is 0.361. The van der Waals surface area contributed by atoms with E-state index >= 15 is 8.78 Å². The number of ether oxygens (including phenoxy) is 1. The maximum atomic E-state index is 16.4. The predicted octanol–water partition coefficient (Wildman–Crippen LogP) is 6.04. The van der Waals surface area contributed by atoms with Crippen molar-refractivity contribution >= 4 is 47.4 Å². The zero-order valence-corrected chi connectivity index (χ0v) is 29.7. The van der Waals surface area contributed by atoms with E-state index in [0.29, 0.717) is 18.7 Å². The first-order valence-electron chi connectivity index (χ1n) is 15.6. The minimum absolute atomic E-state index is 0.0570. The highest BCUT2D eigenvalue weighted by atomic mass is 32.1. The third-order valence-corrected chi connectivity index (χ3v) is 14.4. The van der Waals surface area contributed by atoms with Crippen molar-refractivity contribution in [3.8, 4) is 0 Å². The summed E-state index contributed by atoms with van der Waals surface area (Å²) in [6.07, 6.45) is 0.832. The van der Waals surface area contributed by atoms with E-state index in [1.165, 1.54) is 17.2 Å². The van der Waals surface area contributed by atoms with Crippen LogP contribution in [0.15, 0.2) is 72.9 Å². The highest BCUT2D eigenvalue weighted by Gasteiger charge is 2.50. The molecule has 0 N–H and O–H groups in total. The molecule has 11 heteroatoms. The average molecular weight is 678 g/mol. The molecule has 47 heavy (non-hydrogen) atoms. The number of carbonyl (C=O) groups is 2. The molecule has 0 aliphatic carbocycles. The fourth-order valence-corrected chi connectivity index (χ4v) is 11.8. The molecular formula is C36H41F2N3O4SSi. The number of benzene rings is 3. The third-order valence-electron chi connectivity index (χ3n) is 8.42. The van der Waals surface area contributed by atoms with Gasteiger partial charge in [0.05, 0.1) is 36.3 Å². The van der Waals surface area contributed by atoms with E-state index in [0.717, 1.165) is 21.7 Å². The van der Waals surface area contributed by atoms with E-state index in [1.807, 2.05) is 50.2 Å². The van der Waals surface area contributed by atoms with Gasteiger partial charge in [0.2, 0.25) is 5.78 Å². The molecule has 7 nitrogen and oxygen atoms in total. The Labute approximate surface area is 280 Å². The summed E-state index contributed by atoms with van der Waals surface area (Å²) in [5.41, 5.74) is -0.0517. The van der Waals surface area contributed by atoms with Crippen LogP contribution in [-0.2, 0) is 15.8 Å². The van der Waals surface area contributed by atoms with Crippen LogP contribution in [0.3, 0.4) is 0 Å². The van der Waals surface area contributed by atoms with E-state index in [9.17, 15) is 9.59 Å². The molecule has 0 radical (unpaired) electrons. The van der Waals surface area contributed by atoms with Gasteiger partial charge < -0.3 is 19.0 Å².